The average Bonchev–Trinajstić information content (AvgIpc) is 2.85. The Morgan fingerprint density at radius 1 is 0.962 bits per heavy atom. The normalized spacial score (nSPS) is 11.5. The summed E-state index contributed by atoms with van der Waals surface area (Å²) in [4.78, 5) is 37.3. The number of aromatic nitrogens is 2. The van der Waals surface area contributed by atoms with Gasteiger partial charge in [0.05, 0.1) is 16.7 Å². The van der Waals surface area contributed by atoms with Crippen molar-refractivity contribution >= 4 is 22.9 Å². The van der Waals surface area contributed by atoms with Crippen LogP contribution in [0.25, 0.3) is 16.7 Å². The molecule has 0 unspecified atom stereocenters. The summed E-state index contributed by atoms with van der Waals surface area (Å²) in [7, 11) is 0. The Morgan fingerprint density at radius 3 is 2.23 bits per heavy atom. The van der Waals surface area contributed by atoms with E-state index in [1.807, 2.05) is 0 Å². The predicted molar refractivity (Wildman–Crippen MR) is 99.2 cm³/mol. The quantitative estimate of drug-likeness (QED) is 0.658. The highest BCUT2D eigenvalue weighted by Gasteiger charge is 2.24. The second-order valence-electron chi connectivity index (χ2n) is 7.03. The topological polar surface area (TPSA) is 70.3 Å². The zero-order chi connectivity index (χ0) is 19.1. The Kier molecular flexibility index (Phi) is 4.28. The van der Waals surface area contributed by atoms with Crippen LogP contribution in [-0.4, -0.2) is 26.6 Å². The summed E-state index contributed by atoms with van der Waals surface area (Å²) in [6, 6.07) is 13.7. The molecular weight excluding hydrogens is 332 g/mol. The van der Waals surface area contributed by atoms with Crippen molar-refractivity contribution in [2.75, 3.05) is 0 Å². The third-order valence-corrected chi connectivity index (χ3v) is 3.83. The van der Waals surface area contributed by atoms with Gasteiger partial charge in [-0.2, -0.15) is 4.57 Å². The fraction of sp³-hybridized carbons (Fsp3) is 0.250. The molecule has 6 heteroatoms. The van der Waals surface area contributed by atoms with Crippen molar-refractivity contribution in [1.82, 2.24) is 9.13 Å². The van der Waals surface area contributed by atoms with Crippen molar-refractivity contribution in [2.24, 2.45) is 0 Å². The summed E-state index contributed by atoms with van der Waals surface area (Å²) in [5.74, 6) is -0.101. The van der Waals surface area contributed by atoms with E-state index >= 15 is 0 Å². The maximum absolute atomic E-state index is 13.0. The summed E-state index contributed by atoms with van der Waals surface area (Å²) in [5, 5.41) is 0. The number of para-hydroxylation sites is 2. The Bertz CT molecular complexity index is 1070. The Labute approximate surface area is 150 Å². The van der Waals surface area contributed by atoms with E-state index in [0.29, 0.717) is 22.3 Å². The molecule has 0 aliphatic carbocycles. The molecule has 0 fully saturated rings. The Morgan fingerprint density at radius 2 is 1.62 bits per heavy atom. The molecule has 6 nitrogen and oxygen atoms in total. The number of ether oxygens (including phenoxy) is 1. The molecule has 0 aliphatic rings. The maximum atomic E-state index is 13.0. The number of carbonyl (C=O) groups is 2. The standard InChI is InChI=1S/C20H20N2O4/c1-13(23)14-8-7-9-15(12-14)21-16-10-5-6-11-17(16)22(18(21)24)19(25)26-20(2,3)4/h5-12H,1-4H3. The van der Waals surface area contributed by atoms with Gasteiger partial charge in [0.2, 0.25) is 0 Å². The van der Waals surface area contributed by atoms with Crippen LogP contribution in [0.15, 0.2) is 53.3 Å². The molecular formula is C20H20N2O4. The molecule has 0 saturated carbocycles. The number of rotatable bonds is 2. The first kappa shape index (κ1) is 17.7. The first-order valence-corrected chi connectivity index (χ1v) is 8.26. The highest BCUT2D eigenvalue weighted by Crippen LogP contribution is 2.20. The summed E-state index contributed by atoms with van der Waals surface area (Å²) < 4.78 is 7.80. The van der Waals surface area contributed by atoms with Gasteiger partial charge in [0.1, 0.15) is 5.60 Å². The molecule has 0 saturated heterocycles. The third-order valence-electron chi connectivity index (χ3n) is 3.83. The average molecular weight is 352 g/mol. The van der Waals surface area contributed by atoms with Gasteiger partial charge in [0, 0.05) is 5.56 Å². The second kappa shape index (κ2) is 6.29. The van der Waals surface area contributed by atoms with Crippen LogP contribution in [0.5, 0.6) is 0 Å². The van der Waals surface area contributed by atoms with Crippen LogP contribution < -0.4 is 5.69 Å². The maximum Gasteiger partial charge on any atom is 0.423 e. The molecule has 0 bridgehead atoms. The van der Waals surface area contributed by atoms with Crippen molar-refractivity contribution in [1.29, 1.82) is 0 Å². The lowest BCUT2D eigenvalue weighted by Gasteiger charge is -2.19. The number of carbonyl (C=O) groups excluding carboxylic acids is 2. The Balaban J connectivity index is 2.27. The van der Waals surface area contributed by atoms with Crippen molar-refractivity contribution < 1.29 is 14.3 Å². The number of imidazole rings is 1. The first-order chi connectivity index (χ1) is 12.2. The highest BCUT2D eigenvalue weighted by molar-refractivity contribution is 5.95. The van der Waals surface area contributed by atoms with E-state index in [9.17, 15) is 14.4 Å². The van der Waals surface area contributed by atoms with Crippen LogP contribution in [0.3, 0.4) is 0 Å². The molecule has 0 radical (unpaired) electrons. The number of hydrogen-bond donors (Lipinski definition) is 0. The first-order valence-electron chi connectivity index (χ1n) is 8.26. The SMILES string of the molecule is CC(=O)c1cccc(-n2c(=O)n(C(=O)OC(C)(C)C)c3ccccc32)c1. The van der Waals surface area contributed by atoms with Crippen molar-refractivity contribution in [3.63, 3.8) is 0 Å². The number of nitrogens with zero attached hydrogens (tertiary/aromatic N) is 2. The molecule has 0 N–H and O–H groups in total. The van der Waals surface area contributed by atoms with Gasteiger partial charge in [0.15, 0.2) is 5.78 Å². The predicted octanol–water partition coefficient (Wildman–Crippen LogP) is 3.78. The van der Waals surface area contributed by atoms with Gasteiger partial charge in [-0.25, -0.2) is 9.59 Å². The molecule has 0 aliphatic heterocycles. The van der Waals surface area contributed by atoms with E-state index < -0.39 is 17.4 Å². The minimum Gasteiger partial charge on any atom is -0.443 e. The van der Waals surface area contributed by atoms with Gasteiger partial charge in [-0.3, -0.25) is 9.36 Å². The zero-order valence-corrected chi connectivity index (χ0v) is 15.1. The van der Waals surface area contributed by atoms with Crippen molar-refractivity contribution in [3.8, 4) is 5.69 Å². The number of fused-ring (bicyclic) bond motifs is 1. The molecule has 134 valence electrons. The largest absolute Gasteiger partial charge is 0.443 e. The van der Waals surface area contributed by atoms with Crippen LogP contribution in [-0.2, 0) is 4.74 Å². The highest BCUT2D eigenvalue weighted by atomic mass is 16.6. The molecule has 2 aromatic carbocycles. The number of hydrogen-bond acceptors (Lipinski definition) is 4. The minimum atomic E-state index is -0.736. The van der Waals surface area contributed by atoms with Crippen LogP contribution in [0, 0.1) is 0 Å². The second-order valence-corrected chi connectivity index (χ2v) is 7.03. The van der Waals surface area contributed by atoms with Gasteiger partial charge in [0.25, 0.3) is 0 Å². The molecule has 0 spiro atoms. The fourth-order valence-electron chi connectivity index (χ4n) is 2.75. The van der Waals surface area contributed by atoms with Crippen LogP contribution in [0.2, 0.25) is 0 Å². The third kappa shape index (κ3) is 3.18. The van der Waals surface area contributed by atoms with E-state index in [0.717, 1.165) is 4.57 Å². The van der Waals surface area contributed by atoms with E-state index in [1.165, 1.54) is 11.5 Å². The lowest BCUT2D eigenvalue weighted by molar-refractivity contribution is 0.0537. The van der Waals surface area contributed by atoms with Gasteiger partial charge in [-0.1, -0.05) is 24.3 Å². The molecule has 1 heterocycles. The molecule has 0 atom stereocenters. The van der Waals surface area contributed by atoms with Crippen molar-refractivity contribution in [3.05, 3.63) is 64.6 Å². The van der Waals surface area contributed by atoms with Gasteiger partial charge in [-0.05, 0) is 52.0 Å². The molecule has 1 aromatic heterocycles. The minimum absolute atomic E-state index is 0.101. The summed E-state index contributed by atoms with van der Waals surface area (Å²) in [6.07, 6.45) is -0.736. The van der Waals surface area contributed by atoms with Crippen LogP contribution in [0.1, 0.15) is 38.1 Å². The lowest BCUT2D eigenvalue weighted by Crippen LogP contribution is -2.34. The van der Waals surface area contributed by atoms with Gasteiger partial charge in [-0.15, -0.1) is 0 Å². The fourth-order valence-corrected chi connectivity index (χ4v) is 2.75. The smallest absolute Gasteiger partial charge is 0.423 e. The number of Topliss-reactive ketones (excluding diaryl/α,β-unsaturated/α-hetero) is 1. The van der Waals surface area contributed by atoms with E-state index in [2.05, 4.69) is 0 Å². The van der Waals surface area contributed by atoms with Crippen LogP contribution >= 0.6 is 0 Å². The van der Waals surface area contributed by atoms with Gasteiger partial charge < -0.3 is 4.74 Å². The van der Waals surface area contributed by atoms with E-state index in [-0.39, 0.29) is 5.78 Å². The molecule has 3 aromatic rings. The van der Waals surface area contributed by atoms with Crippen LogP contribution in [0.4, 0.5) is 4.79 Å². The van der Waals surface area contributed by atoms with E-state index in [4.69, 9.17) is 4.74 Å². The van der Waals surface area contributed by atoms with Gasteiger partial charge >= 0.3 is 11.8 Å². The number of ketones is 1. The summed E-state index contributed by atoms with van der Waals surface area (Å²) in [6.45, 7) is 6.69. The Hall–Kier alpha value is -3.15. The molecule has 26 heavy (non-hydrogen) atoms. The van der Waals surface area contributed by atoms with Crippen molar-refractivity contribution in [2.45, 2.75) is 33.3 Å². The van der Waals surface area contributed by atoms with E-state index in [1.54, 1.807) is 69.3 Å². The zero-order valence-electron chi connectivity index (χ0n) is 15.1. The number of benzene rings is 2. The lowest BCUT2D eigenvalue weighted by atomic mass is 10.1. The monoisotopic (exact) mass is 352 g/mol. The summed E-state index contributed by atoms with van der Waals surface area (Å²) in [5.41, 5.74) is 0.740. The molecule has 3 rings (SSSR count). The molecule has 0 amide bonds. The summed E-state index contributed by atoms with van der Waals surface area (Å²) >= 11 is 0.